The van der Waals surface area contributed by atoms with Crippen molar-refractivity contribution in [2.24, 2.45) is 18.2 Å². The van der Waals surface area contributed by atoms with E-state index in [1.807, 2.05) is 40.1 Å². The van der Waals surface area contributed by atoms with Gasteiger partial charge in [-0.2, -0.15) is 0 Å². The fourth-order valence-electron chi connectivity index (χ4n) is 4.01. The highest BCUT2D eigenvalue weighted by Gasteiger charge is 2.31. The maximum atomic E-state index is 13.2. The second-order valence-electron chi connectivity index (χ2n) is 8.30. The molecule has 1 aliphatic rings. The molecule has 162 valence electrons. The first-order valence-corrected chi connectivity index (χ1v) is 10.5. The molecule has 0 aliphatic heterocycles. The van der Waals surface area contributed by atoms with Gasteiger partial charge in [-0.3, -0.25) is 4.79 Å². The number of nitrogens with one attached hydrogen (secondary N) is 1. The highest BCUT2D eigenvalue weighted by molar-refractivity contribution is 6.05. The van der Waals surface area contributed by atoms with Crippen molar-refractivity contribution in [3.05, 3.63) is 58.9 Å². The van der Waals surface area contributed by atoms with Crippen LogP contribution in [-0.4, -0.2) is 27.8 Å². The van der Waals surface area contributed by atoms with E-state index in [0.29, 0.717) is 17.3 Å². The van der Waals surface area contributed by atoms with E-state index in [1.54, 1.807) is 6.07 Å². The summed E-state index contributed by atoms with van der Waals surface area (Å²) in [7, 11) is 2.01. The Kier molecular flexibility index (Phi) is 5.76. The molecule has 2 heterocycles. The van der Waals surface area contributed by atoms with E-state index in [2.05, 4.69) is 38.3 Å². The SMILES string of the molecule is Cc1cc(OCC(=O)NC(C)c2ccc3c(ccn3C)c2)nc(C)c1/C(=N\F)C1CC1. The lowest BCUT2D eigenvalue weighted by Gasteiger charge is -2.16. The molecule has 3 aromatic rings. The molecule has 7 heteroatoms. The molecule has 1 aliphatic carbocycles. The van der Waals surface area contributed by atoms with Gasteiger partial charge < -0.3 is 14.6 Å². The summed E-state index contributed by atoms with van der Waals surface area (Å²) in [6, 6.07) is 9.79. The van der Waals surface area contributed by atoms with Crippen LogP contribution in [0.5, 0.6) is 5.88 Å². The summed E-state index contributed by atoms with van der Waals surface area (Å²) in [5, 5.41) is 7.09. The summed E-state index contributed by atoms with van der Waals surface area (Å²) < 4.78 is 20.9. The second kappa shape index (κ2) is 8.49. The van der Waals surface area contributed by atoms with Gasteiger partial charge in [0.1, 0.15) is 0 Å². The zero-order valence-electron chi connectivity index (χ0n) is 18.3. The van der Waals surface area contributed by atoms with Gasteiger partial charge in [0.15, 0.2) is 6.61 Å². The van der Waals surface area contributed by atoms with Crippen molar-refractivity contribution in [3.63, 3.8) is 0 Å². The van der Waals surface area contributed by atoms with E-state index in [0.717, 1.165) is 40.4 Å². The number of halogens is 1. The number of amides is 1. The van der Waals surface area contributed by atoms with Crippen LogP contribution in [0.3, 0.4) is 0 Å². The molecule has 1 aromatic carbocycles. The van der Waals surface area contributed by atoms with Crippen LogP contribution in [0.15, 0.2) is 41.7 Å². The number of ether oxygens (including phenoxy) is 1. The molecule has 4 rings (SSSR count). The van der Waals surface area contributed by atoms with Gasteiger partial charge in [0.25, 0.3) is 5.91 Å². The van der Waals surface area contributed by atoms with Gasteiger partial charge in [-0.05, 0) is 68.3 Å². The number of aryl methyl sites for hydroxylation is 3. The van der Waals surface area contributed by atoms with Crippen molar-refractivity contribution in [1.82, 2.24) is 14.9 Å². The van der Waals surface area contributed by atoms with Gasteiger partial charge in [-0.1, -0.05) is 15.8 Å². The van der Waals surface area contributed by atoms with Crippen LogP contribution < -0.4 is 10.1 Å². The number of fused-ring (bicyclic) bond motifs is 1. The standard InChI is InChI=1S/C24H27FN4O2/c1-14-11-22(27-16(3)23(14)24(28-25)17-5-6-17)31-13-21(30)26-15(2)18-7-8-20-19(12-18)9-10-29(20)4/h7-12,15,17H,5-6,13H2,1-4H3,(H,26,30)/b28-24-. The molecule has 1 saturated carbocycles. The molecule has 0 spiro atoms. The predicted molar refractivity (Wildman–Crippen MR) is 119 cm³/mol. The number of carbonyl (C=O) groups excluding carboxylic acids is 1. The summed E-state index contributed by atoms with van der Waals surface area (Å²) in [5.41, 5.74) is 4.88. The normalized spacial score (nSPS) is 15.2. The molecule has 1 amide bonds. The maximum absolute atomic E-state index is 13.2. The third kappa shape index (κ3) is 4.45. The number of aromatic nitrogens is 2. The van der Waals surface area contributed by atoms with Gasteiger partial charge in [0.2, 0.25) is 5.88 Å². The van der Waals surface area contributed by atoms with Crippen LogP contribution in [0, 0.1) is 19.8 Å². The Balaban J connectivity index is 1.38. The fraction of sp³-hybridized carbons (Fsp3) is 0.375. The van der Waals surface area contributed by atoms with Crippen molar-refractivity contribution in [2.75, 3.05) is 6.61 Å². The average Bonchev–Trinajstić information content (AvgIpc) is 3.51. The van der Waals surface area contributed by atoms with Crippen LogP contribution in [0.25, 0.3) is 10.9 Å². The number of hydrogen-bond donors (Lipinski definition) is 1. The van der Waals surface area contributed by atoms with Gasteiger partial charge >= 0.3 is 0 Å². The van der Waals surface area contributed by atoms with Crippen molar-refractivity contribution < 1.29 is 14.0 Å². The summed E-state index contributed by atoms with van der Waals surface area (Å²) in [4.78, 5) is 16.8. The van der Waals surface area contributed by atoms with Crippen molar-refractivity contribution >= 4 is 22.5 Å². The number of benzene rings is 1. The number of hydrogen-bond acceptors (Lipinski definition) is 4. The van der Waals surface area contributed by atoms with Crippen molar-refractivity contribution in [1.29, 1.82) is 0 Å². The molecule has 31 heavy (non-hydrogen) atoms. The summed E-state index contributed by atoms with van der Waals surface area (Å²) in [6.45, 7) is 5.49. The summed E-state index contributed by atoms with van der Waals surface area (Å²) in [6.07, 6.45) is 3.92. The van der Waals surface area contributed by atoms with E-state index in [-0.39, 0.29) is 24.5 Å². The van der Waals surface area contributed by atoms with E-state index < -0.39 is 0 Å². The second-order valence-corrected chi connectivity index (χ2v) is 8.30. The summed E-state index contributed by atoms with van der Waals surface area (Å²) in [5.74, 6) is 0.297. The van der Waals surface area contributed by atoms with Crippen LogP contribution in [0.1, 0.15) is 48.2 Å². The minimum atomic E-state index is -0.231. The zero-order chi connectivity index (χ0) is 22.1. The Hall–Kier alpha value is -3.22. The Labute approximate surface area is 181 Å². The summed E-state index contributed by atoms with van der Waals surface area (Å²) >= 11 is 0. The quantitative estimate of drug-likeness (QED) is 0.569. The minimum Gasteiger partial charge on any atom is -0.468 e. The van der Waals surface area contributed by atoms with Crippen LogP contribution in [-0.2, 0) is 11.8 Å². The molecule has 1 fully saturated rings. The van der Waals surface area contributed by atoms with Gasteiger partial charge in [0.05, 0.1) is 17.4 Å². The Morgan fingerprint density at radius 1 is 1.32 bits per heavy atom. The first-order valence-electron chi connectivity index (χ1n) is 10.5. The monoisotopic (exact) mass is 422 g/mol. The number of carbonyl (C=O) groups is 1. The molecule has 0 radical (unpaired) electrons. The predicted octanol–water partition coefficient (Wildman–Crippen LogP) is 4.53. The van der Waals surface area contributed by atoms with Crippen LogP contribution >= 0.6 is 0 Å². The van der Waals surface area contributed by atoms with Crippen molar-refractivity contribution in [3.8, 4) is 5.88 Å². The lowest BCUT2D eigenvalue weighted by atomic mass is 10.00. The Bertz CT molecular complexity index is 1140. The number of pyridine rings is 1. The molecule has 0 bridgehead atoms. The Morgan fingerprint density at radius 3 is 2.77 bits per heavy atom. The third-order valence-electron chi connectivity index (χ3n) is 5.82. The smallest absolute Gasteiger partial charge is 0.258 e. The van der Waals surface area contributed by atoms with E-state index in [9.17, 15) is 9.28 Å². The zero-order valence-corrected chi connectivity index (χ0v) is 18.3. The maximum Gasteiger partial charge on any atom is 0.258 e. The largest absolute Gasteiger partial charge is 0.468 e. The van der Waals surface area contributed by atoms with Gasteiger partial charge in [-0.15, -0.1) is 0 Å². The molecule has 6 nitrogen and oxygen atoms in total. The number of rotatable bonds is 7. The molecule has 0 saturated heterocycles. The molecular formula is C24H27FN4O2. The first kappa shape index (κ1) is 21.0. The molecule has 1 N–H and O–H groups in total. The van der Waals surface area contributed by atoms with Crippen LogP contribution in [0.4, 0.5) is 4.48 Å². The van der Waals surface area contributed by atoms with Crippen molar-refractivity contribution in [2.45, 2.75) is 39.7 Å². The lowest BCUT2D eigenvalue weighted by Crippen LogP contribution is -2.31. The molecule has 2 aromatic heterocycles. The minimum absolute atomic E-state index is 0.143. The Morgan fingerprint density at radius 2 is 2.10 bits per heavy atom. The highest BCUT2D eigenvalue weighted by atomic mass is 19.2. The average molecular weight is 423 g/mol. The van der Waals surface area contributed by atoms with E-state index in [1.165, 1.54) is 0 Å². The van der Waals surface area contributed by atoms with Crippen LogP contribution in [0.2, 0.25) is 0 Å². The fourth-order valence-corrected chi connectivity index (χ4v) is 4.01. The molecule has 1 atom stereocenters. The number of nitrogens with zero attached hydrogens (tertiary/aromatic N) is 3. The van der Waals surface area contributed by atoms with Gasteiger partial charge in [-0.25, -0.2) is 4.98 Å². The van der Waals surface area contributed by atoms with Gasteiger partial charge in [0, 0.05) is 36.3 Å². The topological polar surface area (TPSA) is 68.5 Å². The molecular weight excluding hydrogens is 395 g/mol. The lowest BCUT2D eigenvalue weighted by molar-refractivity contribution is -0.123. The third-order valence-corrected chi connectivity index (χ3v) is 5.82. The molecule has 1 unspecified atom stereocenters. The van der Waals surface area contributed by atoms with E-state index >= 15 is 0 Å². The van der Waals surface area contributed by atoms with E-state index in [4.69, 9.17) is 4.74 Å². The highest BCUT2D eigenvalue weighted by Crippen LogP contribution is 2.35. The first-order chi connectivity index (χ1) is 14.9.